The molecule has 2 N–H and O–H groups in total. The molecule has 3 aromatic rings. The second-order valence-corrected chi connectivity index (χ2v) is 7.08. The second-order valence-electron chi connectivity index (χ2n) is 6.31. The van der Waals surface area contributed by atoms with E-state index in [0.717, 1.165) is 17.8 Å². The van der Waals surface area contributed by atoms with Gasteiger partial charge in [0.05, 0.1) is 0 Å². The van der Waals surface area contributed by atoms with Crippen LogP contribution in [0, 0.1) is 18.6 Å². The van der Waals surface area contributed by atoms with Gasteiger partial charge in [0.25, 0.3) is 5.12 Å². The summed E-state index contributed by atoms with van der Waals surface area (Å²) in [4.78, 5) is 24.1. The number of hydrogen-bond donors (Lipinski definition) is 2. The van der Waals surface area contributed by atoms with E-state index in [9.17, 15) is 18.4 Å². The summed E-state index contributed by atoms with van der Waals surface area (Å²) < 4.78 is 35.7. The predicted octanol–water partition coefficient (Wildman–Crippen LogP) is 4.20. The number of carbonyl (C=O) groups excluding carboxylic acids is 2. The number of benzene rings is 2. The van der Waals surface area contributed by atoms with Gasteiger partial charge in [-0.2, -0.15) is 5.10 Å². The highest BCUT2D eigenvalue weighted by Crippen LogP contribution is 2.19. The van der Waals surface area contributed by atoms with Crippen LogP contribution in [0.2, 0.25) is 0 Å². The molecular formula is C20H18F2N4O3S. The summed E-state index contributed by atoms with van der Waals surface area (Å²) in [5.74, 6) is -1.45. The van der Waals surface area contributed by atoms with E-state index >= 15 is 0 Å². The maximum absolute atomic E-state index is 13.3. The molecule has 0 unspecified atom stereocenters. The fourth-order valence-electron chi connectivity index (χ4n) is 2.42. The summed E-state index contributed by atoms with van der Waals surface area (Å²) in [6.45, 7) is 1.84. The summed E-state index contributed by atoms with van der Waals surface area (Å²) in [5, 5.41) is 6.24. The standard InChI is InChI=1S/C20H18F2N4O3S/c1-12-8-18(24-26(12)2)19(27)30-25-20(28)23-14-4-3-5-15(10-14)29-11-13-6-7-16(21)17(22)9-13/h3-10H,11H2,1-2H3,(H2,23,25,28). The molecule has 7 nitrogen and oxygen atoms in total. The van der Waals surface area contributed by atoms with Gasteiger partial charge in [0.2, 0.25) is 0 Å². The lowest BCUT2D eigenvalue weighted by molar-refractivity contribution is 0.108. The number of amides is 2. The van der Waals surface area contributed by atoms with Crippen LogP contribution in [-0.4, -0.2) is 20.9 Å². The molecule has 30 heavy (non-hydrogen) atoms. The molecule has 0 aliphatic carbocycles. The smallest absolute Gasteiger partial charge is 0.329 e. The van der Waals surface area contributed by atoms with Crippen molar-refractivity contribution in [2.24, 2.45) is 7.05 Å². The number of rotatable bonds is 5. The number of urea groups is 1. The monoisotopic (exact) mass is 432 g/mol. The zero-order valence-electron chi connectivity index (χ0n) is 16.1. The number of ether oxygens (including phenoxy) is 1. The number of carbonyl (C=O) groups is 2. The average molecular weight is 432 g/mol. The Kier molecular flexibility index (Phi) is 6.68. The van der Waals surface area contributed by atoms with E-state index in [4.69, 9.17) is 4.74 Å². The molecule has 0 spiro atoms. The maximum Gasteiger partial charge on any atom is 0.329 e. The van der Waals surface area contributed by atoms with Crippen LogP contribution in [0.4, 0.5) is 19.3 Å². The Morgan fingerprint density at radius 3 is 2.63 bits per heavy atom. The van der Waals surface area contributed by atoms with E-state index in [-0.39, 0.29) is 12.3 Å². The molecule has 0 saturated heterocycles. The van der Waals surface area contributed by atoms with Gasteiger partial charge in [-0.25, -0.2) is 13.6 Å². The highest BCUT2D eigenvalue weighted by Gasteiger charge is 2.14. The Labute approximate surface area is 175 Å². The molecule has 1 aromatic heterocycles. The van der Waals surface area contributed by atoms with Crippen molar-refractivity contribution >= 4 is 28.8 Å². The summed E-state index contributed by atoms with van der Waals surface area (Å²) in [6.07, 6.45) is 0. The van der Waals surface area contributed by atoms with Gasteiger partial charge in [0, 0.05) is 36.4 Å². The van der Waals surface area contributed by atoms with Crippen LogP contribution in [0.1, 0.15) is 21.7 Å². The highest BCUT2D eigenvalue weighted by atomic mass is 32.2. The van der Waals surface area contributed by atoms with Crippen molar-refractivity contribution in [3.63, 3.8) is 0 Å². The third kappa shape index (κ3) is 5.57. The van der Waals surface area contributed by atoms with Crippen LogP contribution in [0.25, 0.3) is 0 Å². The predicted molar refractivity (Wildman–Crippen MR) is 109 cm³/mol. The summed E-state index contributed by atoms with van der Waals surface area (Å²) in [7, 11) is 1.72. The van der Waals surface area contributed by atoms with Crippen LogP contribution >= 0.6 is 11.9 Å². The summed E-state index contributed by atoms with van der Waals surface area (Å²) in [5.41, 5.74) is 1.96. The summed E-state index contributed by atoms with van der Waals surface area (Å²) in [6, 6.07) is 11.1. The van der Waals surface area contributed by atoms with Crippen LogP contribution in [-0.2, 0) is 13.7 Å². The fourth-order valence-corrected chi connectivity index (χ4v) is 2.86. The van der Waals surface area contributed by atoms with E-state index in [1.54, 1.807) is 42.1 Å². The number of aryl methyl sites for hydroxylation is 2. The molecule has 0 bridgehead atoms. The molecule has 0 fully saturated rings. The van der Waals surface area contributed by atoms with E-state index < -0.39 is 22.8 Å². The Hall–Kier alpha value is -3.40. The molecule has 10 heteroatoms. The van der Waals surface area contributed by atoms with E-state index in [1.165, 1.54) is 6.07 Å². The Bertz CT molecular complexity index is 1070. The average Bonchev–Trinajstić information content (AvgIpc) is 3.06. The third-order valence-corrected chi connectivity index (χ3v) is 4.72. The first-order valence-corrected chi connectivity index (χ1v) is 9.59. The minimum Gasteiger partial charge on any atom is -0.489 e. The van der Waals surface area contributed by atoms with Crippen molar-refractivity contribution in [3.8, 4) is 5.75 Å². The van der Waals surface area contributed by atoms with Crippen molar-refractivity contribution in [2.75, 3.05) is 5.32 Å². The fraction of sp³-hybridized carbons (Fsp3) is 0.150. The lowest BCUT2D eigenvalue weighted by Gasteiger charge is -2.10. The van der Waals surface area contributed by atoms with Crippen molar-refractivity contribution in [1.29, 1.82) is 0 Å². The molecule has 0 radical (unpaired) electrons. The molecule has 0 saturated carbocycles. The number of nitrogens with one attached hydrogen (secondary N) is 2. The molecule has 156 valence electrons. The van der Waals surface area contributed by atoms with Gasteiger partial charge >= 0.3 is 6.03 Å². The zero-order valence-corrected chi connectivity index (χ0v) is 16.9. The zero-order chi connectivity index (χ0) is 21.7. The Morgan fingerprint density at radius 1 is 1.13 bits per heavy atom. The molecule has 2 aromatic carbocycles. The largest absolute Gasteiger partial charge is 0.489 e. The van der Waals surface area contributed by atoms with Gasteiger partial charge in [-0.05, 0) is 42.8 Å². The minimum absolute atomic E-state index is 0.0285. The van der Waals surface area contributed by atoms with Gasteiger partial charge in [-0.3, -0.25) is 14.2 Å². The molecular weight excluding hydrogens is 414 g/mol. The quantitative estimate of drug-likeness (QED) is 0.591. The van der Waals surface area contributed by atoms with E-state index in [1.807, 2.05) is 6.92 Å². The Balaban J connectivity index is 1.52. The first-order chi connectivity index (χ1) is 14.3. The van der Waals surface area contributed by atoms with Crippen LogP contribution in [0.5, 0.6) is 5.75 Å². The number of aromatic nitrogens is 2. The number of hydrogen-bond acceptors (Lipinski definition) is 5. The van der Waals surface area contributed by atoms with Crippen molar-refractivity contribution in [2.45, 2.75) is 13.5 Å². The van der Waals surface area contributed by atoms with E-state index in [0.29, 0.717) is 28.9 Å². The van der Waals surface area contributed by atoms with Gasteiger partial charge in [-0.15, -0.1) is 0 Å². The first-order valence-electron chi connectivity index (χ1n) is 8.77. The molecule has 0 atom stereocenters. The first kappa shape index (κ1) is 21.3. The number of nitrogens with zero attached hydrogens (tertiary/aromatic N) is 2. The van der Waals surface area contributed by atoms with Gasteiger partial charge in [0.1, 0.15) is 18.1 Å². The molecule has 0 aliphatic heterocycles. The summed E-state index contributed by atoms with van der Waals surface area (Å²) >= 11 is 0.619. The van der Waals surface area contributed by atoms with Crippen molar-refractivity contribution in [1.82, 2.24) is 14.5 Å². The lowest BCUT2D eigenvalue weighted by atomic mass is 10.2. The highest BCUT2D eigenvalue weighted by molar-refractivity contribution is 8.12. The second kappa shape index (κ2) is 9.40. The third-order valence-electron chi connectivity index (χ3n) is 4.04. The van der Waals surface area contributed by atoms with Gasteiger partial charge < -0.3 is 10.1 Å². The molecule has 3 rings (SSSR count). The van der Waals surface area contributed by atoms with E-state index in [2.05, 4.69) is 15.1 Å². The Morgan fingerprint density at radius 2 is 1.93 bits per heavy atom. The number of halogens is 2. The molecule has 0 aliphatic rings. The molecule has 1 heterocycles. The topological polar surface area (TPSA) is 85.2 Å². The number of anilines is 1. The SMILES string of the molecule is Cc1cc(C(=O)SNC(=O)Nc2cccc(OCc3ccc(F)c(F)c3)c2)nn1C. The maximum atomic E-state index is 13.3. The minimum atomic E-state index is -0.948. The van der Waals surface area contributed by atoms with Gasteiger partial charge in [-0.1, -0.05) is 12.1 Å². The van der Waals surface area contributed by atoms with Crippen LogP contribution < -0.4 is 14.8 Å². The van der Waals surface area contributed by atoms with Crippen molar-refractivity contribution < 1.29 is 23.1 Å². The molecule has 2 amide bonds. The van der Waals surface area contributed by atoms with Crippen LogP contribution in [0.3, 0.4) is 0 Å². The van der Waals surface area contributed by atoms with Gasteiger partial charge in [0.15, 0.2) is 11.6 Å². The van der Waals surface area contributed by atoms with Crippen molar-refractivity contribution in [3.05, 3.63) is 77.1 Å². The lowest BCUT2D eigenvalue weighted by Crippen LogP contribution is -2.24. The normalized spacial score (nSPS) is 10.5. The van der Waals surface area contributed by atoms with Crippen LogP contribution in [0.15, 0.2) is 48.5 Å².